The summed E-state index contributed by atoms with van der Waals surface area (Å²) in [6.07, 6.45) is 6.54. The van der Waals surface area contributed by atoms with Crippen LogP contribution in [0.2, 0.25) is 0 Å². The molecule has 0 radical (unpaired) electrons. The van der Waals surface area contributed by atoms with Gasteiger partial charge in [0.15, 0.2) is 0 Å². The minimum absolute atomic E-state index is 0.0284. The number of hydrogen-bond donors (Lipinski definition) is 2. The molecule has 2 atom stereocenters. The van der Waals surface area contributed by atoms with Crippen LogP contribution in [0.3, 0.4) is 0 Å². The molecule has 3 N–H and O–H groups in total. The average Bonchev–Trinajstić information content (AvgIpc) is 2.75. The van der Waals surface area contributed by atoms with Crippen LogP contribution in [-0.4, -0.2) is 21.7 Å². The monoisotopic (exact) mass is 264 g/mol. The highest BCUT2D eigenvalue weighted by Crippen LogP contribution is 2.30. The van der Waals surface area contributed by atoms with Crippen molar-refractivity contribution >= 4 is 11.7 Å². The summed E-state index contributed by atoms with van der Waals surface area (Å²) < 4.78 is 1.58. The summed E-state index contributed by atoms with van der Waals surface area (Å²) in [6.45, 7) is 4.73. The number of hydrogen-bond acceptors (Lipinski definition) is 3. The topological polar surface area (TPSA) is 72.9 Å². The Labute approximate surface area is 114 Å². The van der Waals surface area contributed by atoms with E-state index in [1.165, 1.54) is 19.3 Å². The Morgan fingerprint density at radius 2 is 2.26 bits per heavy atom. The van der Waals surface area contributed by atoms with Gasteiger partial charge in [-0.15, -0.1) is 0 Å². The van der Waals surface area contributed by atoms with E-state index in [1.807, 2.05) is 0 Å². The fourth-order valence-electron chi connectivity index (χ4n) is 3.00. The lowest BCUT2D eigenvalue weighted by molar-refractivity contribution is -0.123. The molecule has 0 bridgehead atoms. The highest BCUT2D eigenvalue weighted by Gasteiger charge is 2.28. The number of nitrogens with one attached hydrogen (secondary N) is 1. The first-order valence-electron chi connectivity index (χ1n) is 7.14. The van der Waals surface area contributed by atoms with Crippen molar-refractivity contribution in [2.24, 2.45) is 11.8 Å². The number of nitrogen functional groups attached to an aromatic ring is 1. The van der Waals surface area contributed by atoms with Crippen LogP contribution in [0.15, 0.2) is 12.3 Å². The zero-order valence-electron chi connectivity index (χ0n) is 11.8. The Hall–Kier alpha value is -1.52. The van der Waals surface area contributed by atoms with Gasteiger partial charge in [0.05, 0.1) is 0 Å². The normalized spacial score (nSPS) is 23.5. The number of nitrogens with two attached hydrogens (primary N) is 1. The first-order valence-corrected chi connectivity index (χ1v) is 7.14. The molecule has 0 saturated heterocycles. The van der Waals surface area contributed by atoms with Crippen LogP contribution in [0.4, 0.5) is 5.82 Å². The molecule has 1 aromatic rings. The Kier molecular flexibility index (Phi) is 4.45. The van der Waals surface area contributed by atoms with Crippen LogP contribution in [0.1, 0.15) is 39.5 Å². The number of carbonyl (C=O) groups excluding carboxylic acids is 1. The van der Waals surface area contributed by atoms with E-state index in [-0.39, 0.29) is 12.5 Å². The van der Waals surface area contributed by atoms with E-state index in [1.54, 1.807) is 16.9 Å². The van der Waals surface area contributed by atoms with Crippen LogP contribution < -0.4 is 11.1 Å². The summed E-state index contributed by atoms with van der Waals surface area (Å²) in [4.78, 5) is 12.0. The first-order chi connectivity index (χ1) is 9.06. The van der Waals surface area contributed by atoms with Crippen molar-refractivity contribution in [3.05, 3.63) is 12.3 Å². The number of anilines is 1. The van der Waals surface area contributed by atoms with Gasteiger partial charge in [0.2, 0.25) is 5.91 Å². The van der Waals surface area contributed by atoms with Crippen molar-refractivity contribution in [1.29, 1.82) is 0 Å². The minimum atomic E-state index is 0.0284. The molecule has 2 unspecified atom stereocenters. The lowest BCUT2D eigenvalue weighted by atomic mass is 9.78. The zero-order valence-corrected chi connectivity index (χ0v) is 11.8. The van der Waals surface area contributed by atoms with Gasteiger partial charge in [-0.05, 0) is 30.7 Å². The van der Waals surface area contributed by atoms with Crippen molar-refractivity contribution in [1.82, 2.24) is 15.1 Å². The maximum Gasteiger partial charge on any atom is 0.241 e. The molecule has 0 aromatic carbocycles. The molecule has 2 rings (SSSR count). The van der Waals surface area contributed by atoms with Crippen molar-refractivity contribution in [2.45, 2.75) is 52.1 Å². The smallest absolute Gasteiger partial charge is 0.241 e. The molecule has 1 amide bonds. The Morgan fingerprint density at radius 1 is 1.53 bits per heavy atom. The molecule has 5 heteroatoms. The molecule has 106 valence electrons. The second-order valence-corrected chi connectivity index (χ2v) is 5.80. The molecule has 1 saturated carbocycles. The van der Waals surface area contributed by atoms with E-state index in [0.717, 1.165) is 6.42 Å². The molecular formula is C14H24N4O. The second kappa shape index (κ2) is 6.08. The van der Waals surface area contributed by atoms with Crippen LogP contribution >= 0.6 is 0 Å². The van der Waals surface area contributed by atoms with E-state index < -0.39 is 0 Å². The van der Waals surface area contributed by atoms with E-state index >= 15 is 0 Å². The van der Waals surface area contributed by atoms with Crippen LogP contribution in [-0.2, 0) is 11.3 Å². The molecule has 19 heavy (non-hydrogen) atoms. The third-order valence-corrected chi connectivity index (χ3v) is 3.99. The van der Waals surface area contributed by atoms with Gasteiger partial charge in [-0.2, -0.15) is 5.10 Å². The largest absolute Gasteiger partial charge is 0.382 e. The fourth-order valence-corrected chi connectivity index (χ4v) is 3.00. The first kappa shape index (κ1) is 13.9. The molecule has 1 aromatic heterocycles. The summed E-state index contributed by atoms with van der Waals surface area (Å²) in [5.74, 6) is 1.69. The standard InChI is InChI=1S/C14H24N4O/c1-10(2)11-5-3-4-6-12(11)16-14(19)9-18-8-7-13(15)17-18/h7-8,10-12H,3-6,9H2,1-2H3,(H2,15,17)(H,16,19). The Bertz CT molecular complexity index is 427. The van der Waals surface area contributed by atoms with Gasteiger partial charge < -0.3 is 11.1 Å². The number of nitrogens with zero attached hydrogens (tertiary/aromatic N) is 2. The van der Waals surface area contributed by atoms with Crippen molar-refractivity contribution in [3.8, 4) is 0 Å². The maximum atomic E-state index is 12.0. The zero-order chi connectivity index (χ0) is 13.8. The number of amides is 1. The molecule has 0 aliphatic heterocycles. The van der Waals surface area contributed by atoms with Crippen molar-refractivity contribution < 1.29 is 4.79 Å². The average molecular weight is 264 g/mol. The molecule has 1 aliphatic rings. The third-order valence-electron chi connectivity index (χ3n) is 3.99. The van der Waals surface area contributed by atoms with Gasteiger partial charge in [0.1, 0.15) is 12.4 Å². The summed E-state index contributed by atoms with van der Waals surface area (Å²) in [5.41, 5.74) is 5.54. The second-order valence-electron chi connectivity index (χ2n) is 5.80. The summed E-state index contributed by atoms with van der Waals surface area (Å²) >= 11 is 0. The molecule has 1 heterocycles. The van der Waals surface area contributed by atoms with Gasteiger partial charge in [0.25, 0.3) is 0 Å². The van der Waals surface area contributed by atoms with E-state index in [4.69, 9.17) is 5.73 Å². The van der Waals surface area contributed by atoms with E-state index in [2.05, 4.69) is 24.3 Å². The highest BCUT2D eigenvalue weighted by atomic mass is 16.2. The molecule has 5 nitrogen and oxygen atoms in total. The lowest BCUT2D eigenvalue weighted by Gasteiger charge is -2.34. The van der Waals surface area contributed by atoms with Gasteiger partial charge in [-0.25, -0.2) is 0 Å². The lowest BCUT2D eigenvalue weighted by Crippen LogP contribution is -2.45. The fraction of sp³-hybridized carbons (Fsp3) is 0.714. The SMILES string of the molecule is CC(C)C1CCCCC1NC(=O)Cn1ccc(N)n1. The number of carbonyl (C=O) groups is 1. The van der Waals surface area contributed by atoms with Gasteiger partial charge in [-0.3, -0.25) is 9.48 Å². The van der Waals surface area contributed by atoms with E-state index in [9.17, 15) is 4.79 Å². The molecule has 1 aliphatic carbocycles. The highest BCUT2D eigenvalue weighted by molar-refractivity contribution is 5.76. The van der Waals surface area contributed by atoms with Gasteiger partial charge >= 0.3 is 0 Å². The van der Waals surface area contributed by atoms with Gasteiger partial charge in [-0.1, -0.05) is 26.7 Å². The quantitative estimate of drug-likeness (QED) is 0.871. The third kappa shape index (κ3) is 3.72. The Balaban J connectivity index is 1.89. The number of rotatable bonds is 4. The summed E-state index contributed by atoms with van der Waals surface area (Å²) in [7, 11) is 0. The van der Waals surface area contributed by atoms with Crippen molar-refractivity contribution in [2.75, 3.05) is 5.73 Å². The summed E-state index contributed by atoms with van der Waals surface area (Å²) in [6, 6.07) is 2.01. The number of aromatic nitrogens is 2. The van der Waals surface area contributed by atoms with Crippen LogP contribution in [0.5, 0.6) is 0 Å². The molecule has 0 spiro atoms. The predicted octanol–water partition coefficient (Wildman–Crippen LogP) is 1.80. The summed E-state index contributed by atoms with van der Waals surface area (Å²) in [5, 5.41) is 7.20. The molecule has 1 fully saturated rings. The van der Waals surface area contributed by atoms with Gasteiger partial charge in [0, 0.05) is 12.2 Å². The van der Waals surface area contributed by atoms with E-state index in [0.29, 0.717) is 23.7 Å². The maximum absolute atomic E-state index is 12.0. The van der Waals surface area contributed by atoms with Crippen LogP contribution in [0.25, 0.3) is 0 Å². The predicted molar refractivity (Wildman–Crippen MR) is 75.4 cm³/mol. The van der Waals surface area contributed by atoms with Crippen molar-refractivity contribution in [3.63, 3.8) is 0 Å². The minimum Gasteiger partial charge on any atom is -0.382 e. The Morgan fingerprint density at radius 3 is 2.89 bits per heavy atom. The van der Waals surface area contributed by atoms with Crippen LogP contribution in [0, 0.1) is 11.8 Å². The molecular weight excluding hydrogens is 240 g/mol.